The van der Waals surface area contributed by atoms with Gasteiger partial charge in [0.15, 0.2) is 5.82 Å². The van der Waals surface area contributed by atoms with Crippen molar-refractivity contribution in [2.45, 2.75) is 0 Å². The van der Waals surface area contributed by atoms with Crippen LogP contribution in [0.5, 0.6) is 0 Å². The molecule has 0 spiro atoms. The molecule has 0 unspecified atom stereocenters. The average molecular weight is 475 g/mol. The Morgan fingerprint density at radius 1 is 0.500 bits per heavy atom. The Balaban J connectivity index is 1.63. The summed E-state index contributed by atoms with van der Waals surface area (Å²) in [5.74, 6) is 0.725. The van der Waals surface area contributed by atoms with E-state index in [9.17, 15) is 0 Å². The maximum absolute atomic E-state index is 4.92. The second kappa shape index (κ2) is 8.93. The molecule has 0 fully saturated rings. The summed E-state index contributed by atoms with van der Waals surface area (Å²) in [4.78, 5) is 9.84. The maximum atomic E-state index is 4.92. The van der Waals surface area contributed by atoms with E-state index in [4.69, 9.17) is 9.97 Å². The summed E-state index contributed by atoms with van der Waals surface area (Å²) in [5.41, 5.74) is 8.53. The highest BCUT2D eigenvalue weighted by atomic mass is 79.9. The Hall–Kier alpha value is -3.50. The zero-order chi connectivity index (χ0) is 21.9. The van der Waals surface area contributed by atoms with E-state index >= 15 is 0 Å². The predicted octanol–water partition coefficient (Wildman–Crippen LogP) is 6.17. The van der Waals surface area contributed by atoms with E-state index in [1.54, 1.807) is 0 Å². The SMILES string of the molecule is Bc1cc(Br)cc(-c2cc(-c3ccc(-c4ccccc4)cc3)nc(-c3ccccc3)n2)c1. The largest absolute Gasteiger partial charge is 0.228 e. The summed E-state index contributed by atoms with van der Waals surface area (Å²) >= 11 is 3.62. The smallest absolute Gasteiger partial charge is 0.160 e. The molecule has 0 amide bonds. The highest BCUT2D eigenvalue weighted by Gasteiger charge is 2.11. The van der Waals surface area contributed by atoms with Gasteiger partial charge in [-0.2, -0.15) is 0 Å². The first kappa shape index (κ1) is 20.4. The van der Waals surface area contributed by atoms with Crippen molar-refractivity contribution in [3.63, 3.8) is 0 Å². The summed E-state index contributed by atoms with van der Waals surface area (Å²) in [6.07, 6.45) is 0. The number of rotatable bonds is 4. The molecule has 32 heavy (non-hydrogen) atoms. The van der Waals surface area contributed by atoms with E-state index in [1.807, 2.05) is 36.4 Å². The zero-order valence-corrected chi connectivity index (χ0v) is 19.3. The molecule has 4 heteroatoms. The fraction of sp³-hybridized carbons (Fsp3) is 0. The molecule has 4 aromatic carbocycles. The first-order valence-corrected chi connectivity index (χ1v) is 11.3. The molecule has 1 heterocycles. The molecule has 0 aliphatic heterocycles. The summed E-state index contributed by atoms with van der Waals surface area (Å²) in [7, 11) is 2.09. The number of halogens is 1. The summed E-state index contributed by atoms with van der Waals surface area (Å²) < 4.78 is 1.04. The van der Waals surface area contributed by atoms with Crippen molar-refractivity contribution in [1.29, 1.82) is 0 Å². The third-order valence-corrected chi connectivity index (χ3v) is 5.84. The van der Waals surface area contributed by atoms with Crippen LogP contribution in [-0.4, -0.2) is 17.8 Å². The Kier molecular flexibility index (Phi) is 5.70. The Bertz CT molecular complexity index is 1350. The predicted molar refractivity (Wildman–Crippen MR) is 140 cm³/mol. The standard InChI is InChI=1S/C28H20BBrN2/c29-24-15-23(16-25(30)17-24)27-18-26(31-28(32-27)22-9-5-2-6-10-22)21-13-11-20(12-14-21)19-7-3-1-4-8-19/h1-18H,29H2. The Labute approximate surface area is 197 Å². The van der Waals surface area contributed by atoms with Gasteiger partial charge < -0.3 is 0 Å². The molecule has 0 N–H and O–H groups in total. The zero-order valence-electron chi connectivity index (χ0n) is 17.7. The normalized spacial score (nSPS) is 10.8. The fourth-order valence-electron chi connectivity index (χ4n) is 3.81. The van der Waals surface area contributed by atoms with Crippen LogP contribution in [0.25, 0.3) is 45.0 Å². The maximum Gasteiger partial charge on any atom is 0.160 e. The van der Waals surface area contributed by atoms with E-state index in [0.717, 1.165) is 38.4 Å². The van der Waals surface area contributed by atoms with Gasteiger partial charge in [-0.15, -0.1) is 0 Å². The van der Waals surface area contributed by atoms with Gasteiger partial charge >= 0.3 is 0 Å². The highest BCUT2D eigenvalue weighted by molar-refractivity contribution is 9.10. The third-order valence-electron chi connectivity index (χ3n) is 5.38. The van der Waals surface area contributed by atoms with Gasteiger partial charge in [0.2, 0.25) is 0 Å². The van der Waals surface area contributed by atoms with Gasteiger partial charge in [-0.1, -0.05) is 118 Å². The molecule has 1 aromatic heterocycles. The lowest BCUT2D eigenvalue weighted by molar-refractivity contribution is 1.18. The first-order chi connectivity index (χ1) is 15.7. The van der Waals surface area contributed by atoms with Crippen LogP contribution >= 0.6 is 15.9 Å². The van der Waals surface area contributed by atoms with Crippen LogP contribution in [0.15, 0.2) is 114 Å². The van der Waals surface area contributed by atoms with Gasteiger partial charge in [0.05, 0.1) is 11.4 Å². The number of benzene rings is 4. The quantitative estimate of drug-likeness (QED) is 0.291. The molecule has 5 rings (SSSR count). The number of aromatic nitrogens is 2. The van der Waals surface area contributed by atoms with E-state index in [0.29, 0.717) is 0 Å². The number of hydrogen-bond acceptors (Lipinski definition) is 2. The molecule has 152 valence electrons. The molecule has 0 saturated carbocycles. The van der Waals surface area contributed by atoms with Crippen molar-refractivity contribution in [1.82, 2.24) is 9.97 Å². The summed E-state index contributed by atoms with van der Waals surface area (Å²) in [6.45, 7) is 0. The average Bonchev–Trinajstić information content (AvgIpc) is 2.84. The van der Waals surface area contributed by atoms with Gasteiger partial charge in [0.1, 0.15) is 7.85 Å². The molecule has 5 aromatic rings. The van der Waals surface area contributed by atoms with Gasteiger partial charge in [0, 0.05) is 21.2 Å². The van der Waals surface area contributed by atoms with E-state index in [1.165, 1.54) is 16.6 Å². The van der Waals surface area contributed by atoms with Crippen molar-refractivity contribution in [3.8, 4) is 45.0 Å². The van der Waals surface area contributed by atoms with Crippen LogP contribution in [0.2, 0.25) is 0 Å². The number of hydrogen-bond donors (Lipinski definition) is 0. The van der Waals surface area contributed by atoms with E-state index in [2.05, 4.69) is 96.6 Å². The molecule has 0 saturated heterocycles. The molecular weight excluding hydrogens is 455 g/mol. The highest BCUT2D eigenvalue weighted by Crippen LogP contribution is 2.29. The van der Waals surface area contributed by atoms with Crippen LogP contribution in [0.3, 0.4) is 0 Å². The summed E-state index contributed by atoms with van der Waals surface area (Å²) in [6, 6.07) is 37.6. The Morgan fingerprint density at radius 2 is 1.03 bits per heavy atom. The van der Waals surface area contributed by atoms with Gasteiger partial charge in [-0.3, -0.25) is 0 Å². The minimum Gasteiger partial charge on any atom is -0.228 e. The number of nitrogens with zero attached hydrogens (tertiary/aromatic N) is 2. The van der Waals surface area contributed by atoms with Gasteiger partial charge in [0.25, 0.3) is 0 Å². The van der Waals surface area contributed by atoms with Crippen molar-refractivity contribution in [2.75, 3.05) is 0 Å². The monoisotopic (exact) mass is 474 g/mol. The van der Waals surface area contributed by atoms with Crippen LogP contribution in [0.4, 0.5) is 0 Å². The lowest BCUT2D eigenvalue weighted by atomic mass is 9.93. The van der Waals surface area contributed by atoms with E-state index < -0.39 is 0 Å². The van der Waals surface area contributed by atoms with Gasteiger partial charge in [-0.25, -0.2) is 9.97 Å². The molecule has 0 bridgehead atoms. The molecule has 0 radical (unpaired) electrons. The molecule has 0 atom stereocenters. The van der Waals surface area contributed by atoms with Crippen LogP contribution < -0.4 is 5.46 Å². The van der Waals surface area contributed by atoms with Crippen LogP contribution in [0, 0.1) is 0 Å². The lowest BCUT2D eigenvalue weighted by Crippen LogP contribution is -2.03. The summed E-state index contributed by atoms with van der Waals surface area (Å²) in [5, 5.41) is 0. The second-order valence-electron chi connectivity index (χ2n) is 7.79. The van der Waals surface area contributed by atoms with Crippen LogP contribution in [0.1, 0.15) is 0 Å². The minimum atomic E-state index is 0.725. The van der Waals surface area contributed by atoms with Gasteiger partial charge in [-0.05, 0) is 23.3 Å². The molecule has 0 aliphatic carbocycles. The van der Waals surface area contributed by atoms with E-state index in [-0.39, 0.29) is 0 Å². The minimum absolute atomic E-state index is 0.725. The fourth-order valence-corrected chi connectivity index (χ4v) is 4.42. The first-order valence-electron chi connectivity index (χ1n) is 10.5. The Morgan fingerprint density at radius 3 is 1.66 bits per heavy atom. The van der Waals surface area contributed by atoms with Crippen LogP contribution in [-0.2, 0) is 0 Å². The second-order valence-corrected chi connectivity index (χ2v) is 8.70. The van der Waals surface area contributed by atoms with Crippen molar-refractivity contribution in [2.24, 2.45) is 0 Å². The van der Waals surface area contributed by atoms with Crippen molar-refractivity contribution in [3.05, 3.63) is 114 Å². The lowest BCUT2D eigenvalue weighted by Gasteiger charge is -2.11. The molecule has 0 aliphatic rings. The molecule has 2 nitrogen and oxygen atoms in total. The molecular formula is C28H20BBrN2. The van der Waals surface area contributed by atoms with Crippen molar-refractivity contribution < 1.29 is 0 Å². The topological polar surface area (TPSA) is 25.8 Å². The third kappa shape index (κ3) is 4.41. The van der Waals surface area contributed by atoms with Crippen molar-refractivity contribution >= 4 is 29.2 Å².